The van der Waals surface area contributed by atoms with Crippen molar-refractivity contribution in [1.29, 1.82) is 0 Å². The number of halogens is 2. The number of hydrogen-bond acceptors (Lipinski definition) is 2. The standard InChI is InChI=1S/C15H14BrClO2/c1-2-18-12-4-6-13(7-5-12)19-15-8-3-11(10-17)9-14(15)16/h3-9H,2,10H2,1H3. The number of ether oxygens (including phenoxy) is 2. The fourth-order valence-corrected chi connectivity index (χ4v) is 2.28. The normalized spacial score (nSPS) is 10.3. The molecular weight excluding hydrogens is 328 g/mol. The maximum Gasteiger partial charge on any atom is 0.141 e. The number of alkyl halides is 1. The SMILES string of the molecule is CCOc1ccc(Oc2ccc(CCl)cc2Br)cc1. The van der Waals surface area contributed by atoms with Gasteiger partial charge in [0.05, 0.1) is 11.1 Å². The predicted octanol–water partition coefficient (Wildman–Crippen LogP) is 5.38. The molecule has 0 saturated carbocycles. The van der Waals surface area contributed by atoms with Gasteiger partial charge >= 0.3 is 0 Å². The zero-order valence-corrected chi connectivity index (χ0v) is 12.9. The van der Waals surface area contributed by atoms with Gasteiger partial charge in [0.15, 0.2) is 0 Å². The molecule has 0 N–H and O–H groups in total. The molecule has 0 radical (unpaired) electrons. The fraction of sp³-hybridized carbons (Fsp3) is 0.200. The molecule has 0 fully saturated rings. The first-order valence-electron chi connectivity index (χ1n) is 5.98. The van der Waals surface area contributed by atoms with Crippen LogP contribution >= 0.6 is 27.5 Å². The van der Waals surface area contributed by atoms with Crippen molar-refractivity contribution in [3.05, 3.63) is 52.5 Å². The Balaban J connectivity index is 2.12. The highest BCUT2D eigenvalue weighted by Crippen LogP contribution is 2.31. The summed E-state index contributed by atoms with van der Waals surface area (Å²) in [6, 6.07) is 13.3. The molecule has 2 aromatic carbocycles. The van der Waals surface area contributed by atoms with Gasteiger partial charge in [0, 0.05) is 5.88 Å². The smallest absolute Gasteiger partial charge is 0.141 e. The van der Waals surface area contributed by atoms with Crippen LogP contribution < -0.4 is 9.47 Å². The third-order valence-electron chi connectivity index (χ3n) is 2.51. The molecule has 0 aliphatic heterocycles. The van der Waals surface area contributed by atoms with Crippen molar-refractivity contribution >= 4 is 27.5 Å². The molecule has 0 spiro atoms. The summed E-state index contributed by atoms with van der Waals surface area (Å²) in [6.45, 7) is 2.62. The van der Waals surface area contributed by atoms with Gasteiger partial charge in [0.1, 0.15) is 17.2 Å². The zero-order valence-electron chi connectivity index (χ0n) is 10.5. The lowest BCUT2D eigenvalue weighted by atomic mass is 10.2. The Bertz CT molecular complexity index is 540. The Labute approximate surface area is 126 Å². The predicted molar refractivity (Wildman–Crippen MR) is 81.4 cm³/mol. The quantitative estimate of drug-likeness (QED) is 0.680. The second-order valence-corrected chi connectivity index (χ2v) is 5.03. The maximum atomic E-state index is 5.80. The Hall–Kier alpha value is -1.19. The van der Waals surface area contributed by atoms with E-state index in [2.05, 4.69) is 15.9 Å². The second kappa shape index (κ2) is 6.83. The van der Waals surface area contributed by atoms with Crippen LogP contribution in [0.3, 0.4) is 0 Å². The first kappa shape index (κ1) is 14.2. The lowest BCUT2D eigenvalue weighted by molar-refractivity contribution is 0.339. The van der Waals surface area contributed by atoms with Gasteiger partial charge < -0.3 is 9.47 Å². The molecule has 0 aliphatic carbocycles. The van der Waals surface area contributed by atoms with Crippen molar-refractivity contribution in [1.82, 2.24) is 0 Å². The van der Waals surface area contributed by atoms with Crippen LogP contribution in [0.1, 0.15) is 12.5 Å². The van der Waals surface area contributed by atoms with Gasteiger partial charge in [-0.25, -0.2) is 0 Å². The summed E-state index contributed by atoms with van der Waals surface area (Å²) in [5.74, 6) is 2.86. The summed E-state index contributed by atoms with van der Waals surface area (Å²) in [7, 11) is 0. The lowest BCUT2D eigenvalue weighted by Gasteiger charge is -2.09. The zero-order chi connectivity index (χ0) is 13.7. The Morgan fingerprint density at radius 2 is 1.74 bits per heavy atom. The number of rotatable bonds is 5. The highest BCUT2D eigenvalue weighted by Gasteiger charge is 2.04. The molecule has 4 heteroatoms. The highest BCUT2D eigenvalue weighted by atomic mass is 79.9. The van der Waals surface area contributed by atoms with E-state index in [-0.39, 0.29) is 0 Å². The van der Waals surface area contributed by atoms with Gasteiger partial charge in [0.25, 0.3) is 0 Å². The minimum atomic E-state index is 0.488. The van der Waals surface area contributed by atoms with E-state index < -0.39 is 0 Å². The van der Waals surface area contributed by atoms with E-state index in [9.17, 15) is 0 Å². The summed E-state index contributed by atoms with van der Waals surface area (Å²) in [5.41, 5.74) is 1.05. The Kier molecular flexibility index (Phi) is 5.11. The van der Waals surface area contributed by atoms with Gasteiger partial charge in [-0.05, 0) is 64.8 Å². The van der Waals surface area contributed by atoms with Crippen molar-refractivity contribution in [2.24, 2.45) is 0 Å². The molecular formula is C15H14BrClO2. The third-order valence-corrected chi connectivity index (χ3v) is 3.44. The monoisotopic (exact) mass is 340 g/mol. The molecule has 0 aromatic heterocycles. The summed E-state index contributed by atoms with van der Waals surface area (Å²) in [4.78, 5) is 0. The lowest BCUT2D eigenvalue weighted by Crippen LogP contribution is -1.91. The molecule has 0 bridgehead atoms. The topological polar surface area (TPSA) is 18.5 Å². The highest BCUT2D eigenvalue weighted by molar-refractivity contribution is 9.10. The molecule has 0 amide bonds. The Morgan fingerprint density at radius 3 is 2.32 bits per heavy atom. The van der Waals surface area contributed by atoms with Gasteiger partial charge in [-0.15, -0.1) is 11.6 Å². The fourth-order valence-electron chi connectivity index (χ4n) is 1.61. The van der Waals surface area contributed by atoms with Crippen LogP contribution in [0.2, 0.25) is 0 Å². The number of hydrogen-bond donors (Lipinski definition) is 0. The first-order valence-corrected chi connectivity index (χ1v) is 7.30. The van der Waals surface area contributed by atoms with Crippen molar-refractivity contribution in [3.63, 3.8) is 0 Å². The van der Waals surface area contributed by atoms with Crippen LogP contribution in [-0.2, 0) is 5.88 Å². The third kappa shape index (κ3) is 3.88. The van der Waals surface area contributed by atoms with Gasteiger partial charge in [-0.2, -0.15) is 0 Å². The molecule has 2 rings (SSSR count). The summed E-state index contributed by atoms with van der Waals surface area (Å²) in [6.07, 6.45) is 0. The second-order valence-electron chi connectivity index (χ2n) is 3.90. The molecule has 100 valence electrons. The van der Waals surface area contributed by atoms with Crippen LogP contribution in [0.15, 0.2) is 46.9 Å². The minimum Gasteiger partial charge on any atom is -0.494 e. The Morgan fingerprint density at radius 1 is 1.05 bits per heavy atom. The van der Waals surface area contributed by atoms with Crippen LogP contribution in [-0.4, -0.2) is 6.61 Å². The van der Waals surface area contributed by atoms with Crippen molar-refractivity contribution in [2.75, 3.05) is 6.61 Å². The van der Waals surface area contributed by atoms with Crippen molar-refractivity contribution in [2.45, 2.75) is 12.8 Å². The van der Waals surface area contributed by atoms with Gasteiger partial charge in [-0.3, -0.25) is 0 Å². The average molecular weight is 342 g/mol. The molecule has 2 nitrogen and oxygen atoms in total. The van der Waals surface area contributed by atoms with Crippen LogP contribution in [0.5, 0.6) is 17.2 Å². The van der Waals surface area contributed by atoms with E-state index >= 15 is 0 Å². The number of benzene rings is 2. The summed E-state index contributed by atoms with van der Waals surface area (Å²) < 4.78 is 12.1. The molecule has 0 saturated heterocycles. The van der Waals surface area contributed by atoms with E-state index in [1.54, 1.807) is 0 Å². The summed E-state index contributed by atoms with van der Waals surface area (Å²) in [5, 5.41) is 0. The van der Waals surface area contributed by atoms with E-state index in [4.69, 9.17) is 21.1 Å². The van der Waals surface area contributed by atoms with Gasteiger partial charge in [0.2, 0.25) is 0 Å². The van der Waals surface area contributed by atoms with Crippen molar-refractivity contribution in [3.8, 4) is 17.2 Å². The molecule has 19 heavy (non-hydrogen) atoms. The van der Waals surface area contributed by atoms with E-state index in [0.717, 1.165) is 27.3 Å². The molecule has 0 unspecified atom stereocenters. The first-order chi connectivity index (χ1) is 9.22. The van der Waals surface area contributed by atoms with E-state index in [1.807, 2.05) is 49.4 Å². The van der Waals surface area contributed by atoms with Crippen LogP contribution in [0, 0.1) is 0 Å². The molecule has 0 heterocycles. The maximum absolute atomic E-state index is 5.80. The largest absolute Gasteiger partial charge is 0.494 e. The summed E-state index contributed by atoms with van der Waals surface area (Å²) >= 11 is 9.26. The van der Waals surface area contributed by atoms with Gasteiger partial charge in [-0.1, -0.05) is 6.07 Å². The van der Waals surface area contributed by atoms with Crippen LogP contribution in [0.4, 0.5) is 0 Å². The van der Waals surface area contributed by atoms with Crippen LogP contribution in [0.25, 0.3) is 0 Å². The molecule has 0 aliphatic rings. The minimum absolute atomic E-state index is 0.488. The van der Waals surface area contributed by atoms with Crippen molar-refractivity contribution < 1.29 is 9.47 Å². The average Bonchev–Trinajstić information content (AvgIpc) is 2.43. The molecule has 2 aromatic rings. The molecule has 0 atom stereocenters. The van der Waals surface area contributed by atoms with E-state index in [1.165, 1.54) is 0 Å². The van der Waals surface area contributed by atoms with E-state index in [0.29, 0.717) is 12.5 Å².